The quantitative estimate of drug-likeness (QED) is 0.847. The number of hydrogen-bond donors (Lipinski definition) is 1. The van der Waals surface area contributed by atoms with E-state index in [1.807, 2.05) is 0 Å². The van der Waals surface area contributed by atoms with E-state index in [1.165, 1.54) is 64.6 Å². The number of nitrogens with zero attached hydrogens (tertiary/aromatic N) is 1. The molecule has 16 heavy (non-hydrogen) atoms. The van der Waals surface area contributed by atoms with E-state index < -0.39 is 0 Å². The molecule has 2 fully saturated rings. The maximum Gasteiger partial charge on any atom is 0.0306 e. The minimum atomic E-state index is 0. The Labute approximate surface area is 112 Å². The average molecular weight is 269 g/mol. The van der Waals surface area contributed by atoms with Crippen molar-refractivity contribution in [3.8, 4) is 0 Å². The molecule has 0 aromatic carbocycles. The van der Waals surface area contributed by atoms with E-state index in [-0.39, 0.29) is 24.8 Å². The van der Waals surface area contributed by atoms with Crippen molar-refractivity contribution < 1.29 is 0 Å². The van der Waals surface area contributed by atoms with Crippen LogP contribution in [-0.4, -0.2) is 37.1 Å². The zero-order valence-corrected chi connectivity index (χ0v) is 12.0. The molecule has 1 heterocycles. The van der Waals surface area contributed by atoms with Crippen molar-refractivity contribution in [2.24, 2.45) is 0 Å². The highest BCUT2D eigenvalue weighted by Gasteiger charge is 2.33. The van der Waals surface area contributed by atoms with Crippen molar-refractivity contribution in [2.45, 2.75) is 50.5 Å². The first kappa shape index (κ1) is 16.5. The summed E-state index contributed by atoms with van der Waals surface area (Å²) in [5, 5.41) is 3.58. The molecular weight excluding hydrogens is 243 g/mol. The van der Waals surface area contributed by atoms with Crippen LogP contribution in [-0.2, 0) is 0 Å². The lowest BCUT2D eigenvalue weighted by atomic mass is 9.96. The summed E-state index contributed by atoms with van der Waals surface area (Å²) in [4.78, 5) is 2.67. The van der Waals surface area contributed by atoms with Gasteiger partial charge in [0.2, 0.25) is 0 Å². The third-order valence-corrected chi connectivity index (χ3v) is 4.07. The molecule has 0 aromatic rings. The van der Waals surface area contributed by atoms with Gasteiger partial charge in [0.1, 0.15) is 0 Å². The number of likely N-dealkylation sites (tertiary alicyclic amines) is 1. The molecule has 0 bridgehead atoms. The van der Waals surface area contributed by atoms with E-state index in [4.69, 9.17) is 0 Å². The third-order valence-electron chi connectivity index (χ3n) is 4.07. The summed E-state index contributed by atoms with van der Waals surface area (Å²) in [6, 6.07) is 0. The van der Waals surface area contributed by atoms with Gasteiger partial charge in [0.05, 0.1) is 0 Å². The van der Waals surface area contributed by atoms with Crippen LogP contribution in [0.25, 0.3) is 0 Å². The van der Waals surface area contributed by atoms with Gasteiger partial charge in [-0.25, -0.2) is 0 Å². The maximum absolute atomic E-state index is 3.58. The lowest BCUT2D eigenvalue weighted by molar-refractivity contribution is 0.162. The van der Waals surface area contributed by atoms with Crippen LogP contribution in [0.2, 0.25) is 0 Å². The van der Waals surface area contributed by atoms with Gasteiger partial charge < -0.3 is 10.2 Å². The maximum atomic E-state index is 3.58. The van der Waals surface area contributed by atoms with Gasteiger partial charge in [0, 0.05) is 12.1 Å². The van der Waals surface area contributed by atoms with Crippen LogP contribution < -0.4 is 5.32 Å². The SMILES string of the molecule is CNC1(CN2CCCCC2)CCCC1.Cl.Cl. The molecule has 1 saturated carbocycles. The highest BCUT2D eigenvalue weighted by molar-refractivity contribution is 5.85. The number of nitrogens with one attached hydrogen (secondary N) is 1. The van der Waals surface area contributed by atoms with E-state index in [9.17, 15) is 0 Å². The lowest BCUT2D eigenvalue weighted by Gasteiger charge is -2.37. The van der Waals surface area contributed by atoms with Gasteiger partial charge in [-0.1, -0.05) is 19.3 Å². The molecular formula is C12H26Cl2N2. The molecule has 4 heteroatoms. The van der Waals surface area contributed by atoms with Gasteiger partial charge in [0.15, 0.2) is 0 Å². The van der Waals surface area contributed by atoms with Crippen molar-refractivity contribution >= 4 is 24.8 Å². The molecule has 2 nitrogen and oxygen atoms in total. The van der Waals surface area contributed by atoms with Crippen LogP contribution in [0.1, 0.15) is 44.9 Å². The number of hydrogen-bond acceptors (Lipinski definition) is 2. The van der Waals surface area contributed by atoms with Crippen LogP contribution in [0.15, 0.2) is 0 Å². The Morgan fingerprint density at radius 1 is 0.938 bits per heavy atom. The zero-order chi connectivity index (χ0) is 9.86. The molecule has 1 saturated heterocycles. The second-order valence-corrected chi connectivity index (χ2v) is 5.07. The van der Waals surface area contributed by atoms with Gasteiger partial charge >= 0.3 is 0 Å². The predicted molar refractivity (Wildman–Crippen MR) is 75.0 cm³/mol. The summed E-state index contributed by atoms with van der Waals surface area (Å²) in [5.74, 6) is 0. The Morgan fingerprint density at radius 3 is 2.00 bits per heavy atom. The fourth-order valence-electron chi connectivity index (χ4n) is 3.08. The summed E-state index contributed by atoms with van der Waals surface area (Å²) >= 11 is 0. The summed E-state index contributed by atoms with van der Waals surface area (Å²) in [6.45, 7) is 3.97. The molecule has 0 unspecified atom stereocenters. The Kier molecular flexibility index (Phi) is 8.00. The molecule has 1 N–H and O–H groups in total. The topological polar surface area (TPSA) is 15.3 Å². The first-order chi connectivity index (χ1) is 6.85. The number of halogens is 2. The largest absolute Gasteiger partial charge is 0.313 e. The molecule has 98 valence electrons. The van der Waals surface area contributed by atoms with Gasteiger partial charge in [-0.3, -0.25) is 0 Å². The molecule has 0 atom stereocenters. The van der Waals surface area contributed by atoms with Gasteiger partial charge in [-0.15, -0.1) is 24.8 Å². The molecule has 2 rings (SSSR count). The molecule has 1 aliphatic heterocycles. The van der Waals surface area contributed by atoms with E-state index in [1.54, 1.807) is 0 Å². The fourth-order valence-corrected chi connectivity index (χ4v) is 3.08. The van der Waals surface area contributed by atoms with E-state index in [2.05, 4.69) is 17.3 Å². The lowest BCUT2D eigenvalue weighted by Crippen LogP contribution is -2.51. The van der Waals surface area contributed by atoms with Crippen LogP contribution in [0.5, 0.6) is 0 Å². The molecule has 0 amide bonds. The van der Waals surface area contributed by atoms with Gasteiger partial charge in [-0.2, -0.15) is 0 Å². The predicted octanol–water partition coefficient (Wildman–Crippen LogP) is 2.85. The van der Waals surface area contributed by atoms with E-state index >= 15 is 0 Å². The molecule has 0 spiro atoms. The minimum absolute atomic E-state index is 0. The number of piperidine rings is 1. The van der Waals surface area contributed by atoms with Gasteiger partial charge in [0.25, 0.3) is 0 Å². The summed E-state index contributed by atoms with van der Waals surface area (Å²) in [7, 11) is 2.15. The van der Waals surface area contributed by atoms with Crippen LogP contribution >= 0.6 is 24.8 Å². The zero-order valence-electron chi connectivity index (χ0n) is 10.3. The Morgan fingerprint density at radius 2 is 1.50 bits per heavy atom. The van der Waals surface area contributed by atoms with Crippen LogP contribution in [0.4, 0.5) is 0 Å². The van der Waals surface area contributed by atoms with Crippen molar-refractivity contribution in [3.63, 3.8) is 0 Å². The molecule has 0 aromatic heterocycles. The van der Waals surface area contributed by atoms with Crippen molar-refractivity contribution in [2.75, 3.05) is 26.7 Å². The van der Waals surface area contributed by atoms with Crippen LogP contribution in [0, 0.1) is 0 Å². The van der Waals surface area contributed by atoms with E-state index in [0.29, 0.717) is 5.54 Å². The number of likely N-dealkylation sites (N-methyl/N-ethyl adjacent to an activating group) is 1. The first-order valence-corrected chi connectivity index (χ1v) is 6.26. The normalized spacial score (nSPS) is 24.6. The second kappa shape index (κ2) is 7.75. The van der Waals surface area contributed by atoms with Crippen molar-refractivity contribution in [3.05, 3.63) is 0 Å². The summed E-state index contributed by atoms with van der Waals surface area (Å²) in [6.07, 6.45) is 9.91. The van der Waals surface area contributed by atoms with Crippen molar-refractivity contribution in [1.29, 1.82) is 0 Å². The molecule has 0 radical (unpaired) electrons. The highest BCUT2D eigenvalue weighted by Crippen LogP contribution is 2.30. The van der Waals surface area contributed by atoms with Gasteiger partial charge in [-0.05, 0) is 45.8 Å². The molecule has 2 aliphatic rings. The average Bonchev–Trinajstić information content (AvgIpc) is 2.69. The Hall–Kier alpha value is 0.500. The number of rotatable bonds is 3. The standard InChI is InChI=1S/C12H24N2.2ClH/c1-13-12(7-3-4-8-12)11-14-9-5-2-6-10-14;;/h13H,2-11H2,1H3;2*1H. The van der Waals surface area contributed by atoms with Crippen molar-refractivity contribution in [1.82, 2.24) is 10.2 Å². The minimum Gasteiger partial charge on any atom is -0.313 e. The highest BCUT2D eigenvalue weighted by atomic mass is 35.5. The van der Waals surface area contributed by atoms with E-state index in [0.717, 1.165) is 0 Å². The first-order valence-electron chi connectivity index (χ1n) is 6.26. The van der Waals surface area contributed by atoms with Crippen LogP contribution in [0.3, 0.4) is 0 Å². The monoisotopic (exact) mass is 268 g/mol. The second-order valence-electron chi connectivity index (χ2n) is 5.07. The Balaban J connectivity index is 0.00000112. The smallest absolute Gasteiger partial charge is 0.0306 e. The third kappa shape index (κ3) is 4.06. The Bertz CT molecular complexity index is 176. The summed E-state index contributed by atoms with van der Waals surface area (Å²) < 4.78 is 0. The molecule has 1 aliphatic carbocycles. The fraction of sp³-hybridized carbons (Fsp3) is 1.00. The summed E-state index contributed by atoms with van der Waals surface area (Å²) in [5.41, 5.74) is 0.470.